The zero-order valence-corrected chi connectivity index (χ0v) is 26.6. The number of hydrogen-bond acceptors (Lipinski definition) is 9. The van der Waals surface area contributed by atoms with Gasteiger partial charge in [0, 0.05) is 41.0 Å². The number of carbonyl (C=O) groups excluding carboxylic acids is 6. The maximum Gasteiger partial charge on any atom is 0.328 e. The van der Waals surface area contributed by atoms with E-state index in [1.807, 2.05) is 30.3 Å². The van der Waals surface area contributed by atoms with E-state index >= 15 is 0 Å². The molecule has 4 rings (SSSR count). The highest BCUT2D eigenvalue weighted by Crippen LogP contribution is 2.35. The molecule has 0 aliphatic carbocycles. The van der Waals surface area contributed by atoms with Gasteiger partial charge in [0.05, 0.1) is 32.5 Å². The molecule has 2 aromatic carbocycles. The van der Waals surface area contributed by atoms with Gasteiger partial charge in [0.1, 0.15) is 12.1 Å². The van der Waals surface area contributed by atoms with Crippen LogP contribution in [0.4, 0.5) is 5.69 Å². The van der Waals surface area contributed by atoms with Crippen molar-refractivity contribution in [3.63, 3.8) is 0 Å². The van der Waals surface area contributed by atoms with Crippen molar-refractivity contribution in [1.29, 1.82) is 0 Å². The first-order chi connectivity index (χ1) is 22.5. The topological polar surface area (TPSA) is 182 Å². The highest BCUT2D eigenvalue weighted by atomic mass is 16.5. The molecule has 0 unspecified atom stereocenters. The van der Waals surface area contributed by atoms with Crippen molar-refractivity contribution < 1.29 is 43.0 Å². The van der Waals surface area contributed by atoms with Gasteiger partial charge < -0.3 is 35.1 Å². The summed E-state index contributed by atoms with van der Waals surface area (Å²) in [5.41, 5.74) is 3.91. The summed E-state index contributed by atoms with van der Waals surface area (Å²) < 4.78 is 14.3. The zero-order chi connectivity index (χ0) is 34.2. The number of H-pyrrole nitrogens is 1. The van der Waals surface area contributed by atoms with Gasteiger partial charge in [-0.25, -0.2) is 9.59 Å². The third-order valence-electron chi connectivity index (χ3n) is 7.79. The quantitative estimate of drug-likeness (QED) is 0.131. The Hall–Kier alpha value is -5.72. The van der Waals surface area contributed by atoms with Gasteiger partial charge in [0.25, 0.3) is 17.7 Å². The summed E-state index contributed by atoms with van der Waals surface area (Å²) in [5.74, 6) is -3.38. The Morgan fingerprint density at radius 3 is 2.17 bits per heavy atom. The molecule has 0 radical (unpaired) electrons. The fourth-order valence-electron chi connectivity index (χ4n) is 5.29. The third kappa shape index (κ3) is 7.93. The molecule has 4 N–H and O–H groups in total. The number of nitrogens with one attached hydrogen (secondary N) is 4. The zero-order valence-electron chi connectivity index (χ0n) is 26.6. The van der Waals surface area contributed by atoms with Crippen LogP contribution in [0.15, 0.2) is 48.5 Å². The van der Waals surface area contributed by atoms with Crippen LogP contribution in [0.3, 0.4) is 0 Å². The van der Waals surface area contributed by atoms with Crippen molar-refractivity contribution in [1.82, 2.24) is 15.6 Å². The number of aryl methyl sites for hydroxylation is 1. The van der Waals surface area contributed by atoms with Crippen molar-refractivity contribution in [2.75, 3.05) is 26.6 Å². The summed E-state index contributed by atoms with van der Waals surface area (Å²) in [7, 11) is 3.65. The fourth-order valence-corrected chi connectivity index (χ4v) is 5.29. The summed E-state index contributed by atoms with van der Waals surface area (Å²) in [6, 6.07) is 11.9. The molecule has 1 aliphatic heterocycles. The summed E-state index contributed by atoms with van der Waals surface area (Å²) in [6.45, 7) is 3.35. The number of rotatable bonds is 12. The van der Waals surface area contributed by atoms with E-state index in [0.29, 0.717) is 28.2 Å². The van der Waals surface area contributed by atoms with Gasteiger partial charge in [-0.15, -0.1) is 0 Å². The van der Waals surface area contributed by atoms with Gasteiger partial charge in [0.2, 0.25) is 0 Å². The van der Waals surface area contributed by atoms with Gasteiger partial charge >= 0.3 is 17.9 Å². The molecule has 0 saturated heterocycles. The minimum Gasteiger partial charge on any atom is -0.469 e. The molecule has 0 saturated carbocycles. The highest BCUT2D eigenvalue weighted by molar-refractivity contribution is 6.35. The minimum atomic E-state index is -1.09. The van der Waals surface area contributed by atoms with Crippen LogP contribution in [0.25, 0.3) is 11.6 Å². The second-order valence-electron chi connectivity index (χ2n) is 10.8. The molecule has 13 nitrogen and oxygen atoms in total. The minimum absolute atomic E-state index is 0.0238. The van der Waals surface area contributed by atoms with Crippen molar-refractivity contribution in [3.05, 3.63) is 87.7 Å². The van der Waals surface area contributed by atoms with Crippen LogP contribution in [-0.4, -0.2) is 74.0 Å². The summed E-state index contributed by atoms with van der Waals surface area (Å²) in [4.78, 5) is 79.2. The molecule has 3 amide bonds. The molecule has 0 spiro atoms. The summed E-state index contributed by atoms with van der Waals surface area (Å²) in [6.07, 6.45) is 1.67. The van der Waals surface area contributed by atoms with E-state index in [0.717, 1.165) is 5.56 Å². The second kappa shape index (κ2) is 15.0. The molecule has 0 fully saturated rings. The molecular weight excluding hydrogens is 608 g/mol. The molecule has 2 atom stereocenters. The molecule has 3 aromatic rings. The SMILES string of the molecule is COC(=O)CC[C@@H](NC(=O)c1c(C)[nH]c(/C=C2\C(=O)Nc3ccc(C(=O)N[C@H](Cc4ccccc4)C(=O)OC)cc32)c1C)C(=O)OC. The van der Waals surface area contributed by atoms with Crippen LogP contribution in [0.1, 0.15) is 61.6 Å². The average Bonchev–Trinajstić information content (AvgIpc) is 3.54. The smallest absolute Gasteiger partial charge is 0.328 e. The van der Waals surface area contributed by atoms with E-state index in [4.69, 9.17) is 9.47 Å². The molecule has 13 heteroatoms. The lowest BCUT2D eigenvalue weighted by molar-refractivity contribution is -0.145. The Morgan fingerprint density at radius 1 is 0.851 bits per heavy atom. The first-order valence-electron chi connectivity index (χ1n) is 14.7. The van der Waals surface area contributed by atoms with Crippen LogP contribution < -0.4 is 16.0 Å². The number of carbonyl (C=O) groups is 6. The van der Waals surface area contributed by atoms with E-state index in [1.54, 1.807) is 38.1 Å². The number of amides is 3. The predicted molar refractivity (Wildman–Crippen MR) is 171 cm³/mol. The number of fused-ring (bicyclic) bond motifs is 1. The number of hydrogen-bond donors (Lipinski definition) is 4. The number of ether oxygens (including phenoxy) is 3. The lowest BCUT2D eigenvalue weighted by Crippen LogP contribution is -2.43. The van der Waals surface area contributed by atoms with Gasteiger partial charge in [-0.05, 0) is 55.7 Å². The van der Waals surface area contributed by atoms with Gasteiger partial charge in [-0.1, -0.05) is 30.3 Å². The predicted octanol–water partition coefficient (Wildman–Crippen LogP) is 2.86. The number of aromatic nitrogens is 1. The molecule has 1 aliphatic rings. The Balaban J connectivity index is 1.58. The van der Waals surface area contributed by atoms with E-state index in [1.165, 1.54) is 21.3 Å². The van der Waals surface area contributed by atoms with E-state index in [9.17, 15) is 28.8 Å². The van der Waals surface area contributed by atoms with E-state index < -0.39 is 47.7 Å². The Morgan fingerprint density at radius 2 is 1.51 bits per heavy atom. The summed E-state index contributed by atoms with van der Waals surface area (Å²) >= 11 is 0. The number of anilines is 1. The van der Waals surface area contributed by atoms with Crippen LogP contribution in [-0.2, 0) is 39.8 Å². The lowest BCUT2D eigenvalue weighted by Gasteiger charge is -2.17. The monoisotopic (exact) mass is 644 g/mol. The van der Waals surface area contributed by atoms with Gasteiger partial charge in [0.15, 0.2) is 0 Å². The fraction of sp³-hybridized carbons (Fsp3) is 0.294. The van der Waals surface area contributed by atoms with Crippen molar-refractivity contribution >= 4 is 53.0 Å². The Bertz CT molecular complexity index is 1740. The highest BCUT2D eigenvalue weighted by Gasteiger charge is 2.30. The lowest BCUT2D eigenvalue weighted by atomic mass is 10.0. The Labute approximate surface area is 271 Å². The van der Waals surface area contributed by atoms with Crippen LogP contribution >= 0.6 is 0 Å². The van der Waals surface area contributed by atoms with Crippen molar-refractivity contribution in [2.24, 2.45) is 0 Å². The first-order valence-corrected chi connectivity index (χ1v) is 14.7. The number of benzene rings is 2. The average molecular weight is 645 g/mol. The maximum absolute atomic E-state index is 13.3. The van der Waals surface area contributed by atoms with Crippen molar-refractivity contribution in [3.8, 4) is 0 Å². The van der Waals surface area contributed by atoms with E-state index in [-0.39, 0.29) is 36.0 Å². The molecule has 1 aromatic heterocycles. The number of aromatic amines is 1. The first kappa shape index (κ1) is 34.2. The number of methoxy groups -OCH3 is 3. The molecule has 0 bridgehead atoms. The third-order valence-corrected chi connectivity index (χ3v) is 7.79. The van der Waals surface area contributed by atoms with Crippen molar-refractivity contribution in [2.45, 2.75) is 45.2 Å². The molecule has 246 valence electrons. The second-order valence-corrected chi connectivity index (χ2v) is 10.8. The molecule has 47 heavy (non-hydrogen) atoms. The standard InChI is InChI=1S/C34H36N4O9/c1-18-26(35-19(2)29(18)32(42)37-25(33(43)46-4)13-14-28(39)45-3)17-23-22-16-21(11-12-24(22)36-31(23)41)30(40)38-27(34(44)47-5)15-20-9-7-6-8-10-20/h6-12,16-17,25,27,35H,13-15H2,1-5H3,(H,36,41)(H,37,42)(H,38,40)/b23-17-/t25-,27-/m1/s1. The Kier molecular flexibility index (Phi) is 10.9. The van der Waals surface area contributed by atoms with Crippen LogP contribution in [0, 0.1) is 13.8 Å². The molecular formula is C34H36N4O9. The normalized spacial score (nSPS) is 14.0. The number of esters is 3. The summed E-state index contributed by atoms with van der Waals surface area (Å²) in [5, 5.41) is 8.13. The van der Waals surface area contributed by atoms with Gasteiger partial charge in [-0.3, -0.25) is 19.2 Å². The van der Waals surface area contributed by atoms with Crippen LogP contribution in [0.2, 0.25) is 0 Å². The van der Waals surface area contributed by atoms with Gasteiger partial charge in [-0.2, -0.15) is 0 Å². The maximum atomic E-state index is 13.3. The van der Waals surface area contributed by atoms with Crippen LogP contribution in [0.5, 0.6) is 0 Å². The van der Waals surface area contributed by atoms with E-state index in [2.05, 4.69) is 25.7 Å². The molecule has 2 heterocycles. The largest absolute Gasteiger partial charge is 0.469 e.